The Labute approximate surface area is 132 Å². The molecular formula is C16H18BrN3O. The highest BCUT2D eigenvalue weighted by molar-refractivity contribution is 9.10. The van der Waals surface area contributed by atoms with Crippen LogP contribution in [-0.2, 0) is 6.54 Å². The molecule has 0 aliphatic rings. The summed E-state index contributed by atoms with van der Waals surface area (Å²) < 4.78 is 1.06. The molecule has 0 atom stereocenters. The Kier molecular flexibility index (Phi) is 4.85. The van der Waals surface area contributed by atoms with Crippen LogP contribution in [0.3, 0.4) is 0 Å². The van der Waals surface area contributed by atoms with Gasteiger partial charge in [-0.05, 0) is 52.5 Å². The smallest absolute Gasteiger partial charge is 0.170 e. The van der Waals surface area contributed by atoms with E-state index in [-0.39, 0.29) is 5.84 Å². The number of halogens is 1. The Bertz CT molecular complexity index is 643. The van der Waals surface area contributed by atoms with Crippen molar-refractivity contribution in [3.63, 3.8) is 0 Å². The van der Waals surface area contributed by atoms with Crippen molar-refractivity contribution in [2.24, 2.45) is 10.9 Å². The van der Waals surface area contributed by atoms with E-state index < -0.39 is 0 Å². The van der Waals surface area contributed by atoms with Gasteiger partial charge in [0.1, 0.15) is 0 Å². The Morgan fingerprint density at radius 3 is 2.48 bits per heavy atom. The lowest BCUT2D eigenvalue weighted by molar-refractivity contribution is 0.318. The number of aryl methyl sites for hydroxylation is 2. The van der Waals surface area contributed by atoms with E-state index in [1.807, 2.05) is 24.3 Å². The lowest BCUT2D eigenvalue weighted by atomic mass is 10.1. The molecule has 2 aromatic rings. The summed E-state index contributed by atoms with van der Waals surface area (Å²) in [6.45, 7) is 4.87. The molecule has 4 N–H and O–H groups in total. The number of benzene rings is 2. The fourth-order valence-corrected chi connectivity index (χ4v) is 3.00. The number of hydrogen-bond acceptors (Lipinski definition) is 3. The molecule has 0 spiro atoms. The molecule has 0 saturated carbocycles. The van der Waals surface area contributed by atoms with E-state index in [1.165, 1.54) is 11.1 Å². The molecular weight excluding hydrogens is 330 g/mol. The number of anilines is 1. The van der Waals surface area contributed by atoms with Crippen LogP contribution in [0, 0.1) is 13.8 Å². The second-order valence-corrected chi connectivity index (χ2v) is 5.83. The summed E-state index contributed by atoms with van der Waals surface area (Å²) in [5.41, 5.74) is 10.9. The maximum atomic E-state index is 8.64. The van der Waals surface area contributed by atoms with Crippen molar-refractivity contribution in [2.75, 3.05) is 5.32 Å². The van der Waals surface area contributed by atoms with E-state index in [0.717, 1.165) is 15.7 Å². The first-order valence-corrected chi connectivity index (χ1v) is 7.38. The van der Waals surface area contributed by atoms with Gasteiger partial charge in [0.2, 0.25) is 0 Å². The molecule has 0 aliphatic heterocycles. The molecule has 0 saturated heterocycles. The summed E-state index contributed by atoms with van der Waals surface area (Å²) in [5.74, 6) is 0.117. The van der Waals surface area contributed by atoms with E-state index in [0.29, 0.717) is 12.1 Å². The van der Waals surface area contributed by atoms with Gasteiger partial charge < -0.3 is 16.3 Å². The minimum Gasteiger partial charge on any atom is -0.409 e. The lowest BCUT2D eigenvalue weighted by Crippen LogP contribution is -2.13. The Morgan fingerprint density at radius 1 is 1.24 bits per heavy atom. The predicted molar refractivity (Wildman–Crippen MR) is 89.9 cm³/mol. The Hall–Kier alpha value is -2.01. The maximum absolute atomic E-state index is 8.64. The van der Waals surface area contributed by atoms with Crippen LogP contribution >= 0.6 is 15.9 Å². The fourth-order valence-electron chi connectivity index (χ4n) is 2.18. The van der Waals surface area contributed by atoms with Crippen molar-refractivity contribution >= 4 is 27.5 Å². The van der Waals surface area contributed by atoms with E-state index in [4.69, 9.17) is 10.9 Å². The second kappa shape index (κ2) is 6.63. The molecule has 0 unspecified atom stereocenters. The van der Waals surface area contributed by atoms with Crippen molar-refractivity contribution in [3.8, 4) is 0 Å². The Balaban J connectivity index is 2.10. The van der Waals surface area contributed by atoms with Gasteiger partial charge in [-0.3, -0.25) is 0 Å². The average molecular weight is 348 g/mol. The van der Waals surface area contributed by atoms with E-state index in [9.17, 15) is 0 Å². The molecule has 0 radical (unpaired) electrons. The number of rotatable bonds is 4. The number of nitrogens with two attached hydrogens (primary N) is 1. The third-order valence-electron chi connectivity index (χ3n) is 3.26. The highest BCUT2D eigenvalue weighted by Crippen LogP contribution is 2.28. The normalized spacial score (nSPS) is 11.5. The zero-order chi connectivity index (χ0) is 15.4. The van der Waals surface area contributed by atoms with Crippen LogP contribution in [0.4, 0.5) is 5.69 Å². The van der Waals surface area contributed by atoms with Crippen LogP contribution in [0.5, 0.6) is 0 Å². The number of nitrogens with one attached hydrogen (secondary N) is 1. The zero-order valence-corrected chi connectivity index (χ0v) is 13.6. The molecule has 0 fully saturated rings. The van der Waals surface area contributed by atoms with E-state index in [1.54, 1.807) is 0 Å². The third-order valence-corrected chi connectivity index (χ3v) is 3.88. The van der Waals surface area contributed by atoms with Gasteiger partial charge in [-0.1, -0.05) is 35.5 Å². The molecule has 0 bridgehead atoms. The van der Waals surface area contributed by atoms with Crippen molar-refractivity contribution < 1.29 is 5.21 Å². The monoisotopic (exact) mass is 347 g/mol. The minimum absolute atomic E-state index is 0.117. The number of oxime groups is 1. The van der Waals surface area contributed by atoms with Crippen LogP contribution in [0.2, 0.25) is 0 Å². The number of amidine groups is 1. The Morgan fingerprint density at radius 2 is 1.90 bits per heavy atom. The highest BCUT2D eigenvalue weighted by Gasteiger charge is 2.05. The first-order chi connectivity index (χ1) is 10.0. The van der Waals surface area contributed by atoms with Gasteiger partial charge in [-0.15, -0.1) is 0 Å². The topological polar surface area (TPSA) is 70.6 Å². The number of nitrogens with zero attached hydrogens (tertiary/aromatic N) is 1. The average Bonchev–Trinajstić information content (AvgIpc) is 2.46. The molecule has 21 heavy (non-hydrogen) atoms. The van der Waals surface area contributed by atoms with Crippen LogP contribution < -0.4 is 11.1 Å². The summed E-state index contributed by atoms with van der Waals surface area (Å²) in [4.78, 5) is 0. The molecule has 5 heteroatoms. The predicted octanol–water partition coefficient (Wildman–Crippen LogP) is 3.77. The minimum atomic E-state index is 0.117. The van der Waals surface area contributed by atoms with Crippen LogP contribution in [0.15, 0.2) is 46.0 Å². The summed E-state index contributed by atoms with van der Waals surface area (Å²) in [6.07, 6.45) is 0. The van der Waals surface area contributed by atoms with Gasteiger partial charge >= 0.3 is 0 Å². The van der Waals surface area contributed by atoms with Crippen molar-refractivity contribution in [3.05, 3.63) is 63.1 Å². The third kappa shape index (κ3) is 3.76. The van der Waals surface area contributed by atoms with Crippen molar-refractivity contribution in [1.29, 1.82) is 0 Å². The molecule has 0 aromatic heterocycles. The quantitative estimate of drug-likeness (QED) is 0.341. The maximum Gasteiger partial charge on any atom is 0.170 e. The molecule has 110 valence electrons. The molecule has 2 aromatic carbocycles. The van der Waals surface area contributed by atoms with Crippen molar-refractivity contribution in [1.82, 2.24) is 0 Å². The summed E-state index contributed by atoms with van der Waals surface area (Å²) in [7, 11) is 0. The summed E-state index contributed by atoms with van der Waals surface area (Å²) >= 11 is 3.59. The molecule has 0 aliphatic carbocycles. The first kappa shape index (κ1) is 15.4. The first-order valence-electron chi connectivity index (χ1n) is 6.58. The molecule has 2 rings (SSSR count). The highest BCUT2D eigenvalue weighted by atomic mass is 79.9. The van der Waals surface area contributed by atoms with Gasteiger partial charge in [0.15, 0.2) is 5.84 Å². The summed E-state index contributed by atoms with van der Waals surface area (Å²) in [6, 6.07) is 11.8. The van der Waals surface area contributed by atoms with E-state index in [2.05, 4.69) is 52.4 Å². The van der Waals surface area contributed by atoms with Crippen LogP contribution in [-0.4, -0.2) is 11.0 Å². The largest absolute Gasteiger partial charge is 0.409 e. The van der Waals surface area contributed by atoms with Crippen LogP contribution in [0.25, 0.3) is 0 Å². The summed E-state index contributed by atoms with van der Waals surface area (Å²) in [5, 5.41) is 15.1. The molecule has 4 nitrogen and oxygen atoms in total. The van der Waals surface area contributed by atoms with Gasteiger partial charge in [-0.2, -0.15) is 0 Å². The lowest BCUT2D eigenvalue weighted by Gasteiger charge is -2.13. The molecule has 0 amide bonds. The van der Waals surface area contributed by atoms with Gasteiger partial charge in [0.25, 0.3) is 0 Å². The number of hydrogen-bond donors (Lipinski definition) is 3. The van der Waals surface area contributed by atoms with Crippen molar-refractivity contribution in [2.45, 2.75) is 20.4 Å². The zero-order valence-electron chi connectivity index (χ0n) is 12.0. The SMILES string of the molecule is Cc1cc(C)c(NCc2ccc(/C(N)=N/O)cc2)c(Br)c1. The van der Waals surface area contributed by atoms with Gasteiger partial charge in [0, 0.05) is 16.6 Å². The van der Waals surface area contributed by atoms with Gasteiger partial charge in [0.05, 0.1) is 5.69 Å². The van der Waals surface area contributed by atoms with Gasteiger partial charge in [-0.25, -0.2) is 0 Å². The standard InChI is InChI=1S/C16H18BrN3O/c1-10-7-11(2)15(14(17)8-10)19-9-12-3-5-13(6-4-12)16(18)20-21/h3-8,19,21H,9H2,1-2H3,(H2,18,20). The van der Waals surface area contributed by atoms with E-state index >= 15 is 0 Å². The van der Waals surface area contributed by atoms with Crippen LogP contribution in [0.1, 0.15) is 22.3 Å². The fraction of sp³-hybridized carbons (Fsp3) is 0.188. The second-order valence-electron chi connectivity index (χ2n) is 4.97. The molecule has 0 heterocycles.